The van der Waals surface area contributed by atoms with Crippen molar-refractivity contribution in [3.63, 3.8) is 0 Å². The molecule has 16 heavy (non-hydrogen) atoms. The molecule has 0 amide bonds. The Hall–Kier alpha value is -1.57. The third-order valence-electron chi connectivity index (χ3n) is 2.55. The van der Waals surface area contributed by atoms with Gasteiger partial charge in [0.25, 0.3) is 0 Å². The summed E-state index contributed by atoms with van der Waals surface area (Å²) in [5.41, 5.74) is 1.79. The van der Waals surface area contributed by atoms with Gasteiger partial charge in [-0.05, 0) is 38.2 Å². The molecule has 0 atom stereocenters. The molecule has 0 spiro atoms. The second kappa shape index (κ2) is 6.83. The van der Waals surface area contributed by atoms with Crippen molar-refractivity contribution >= 4 is 5.97 Å². The van der Waals surface area contributed by atoms with Crippen LogP contribution in [-0.4, -0.2) is 11.1 Å². The van der Waals surface area contributed by atoms with Crippen molar-refractivity contribution in [1.82, 2.24) is 0 Å². The van der Waals surface area contributed by atoms with Crippen LogP contribution in [0.5, 0.6) is 0 Å². The molecule has 1 N–H and O–H groups in total. The fourth-order valence-electron chi connectivity index (χ4n) is 1.52. The van der Waals surface area contributed by atoms with E-state index >= 15 is 0 Å². The number of aryl methyl sites for hydroxylation is 1. The van der Waals surface area contributed by atoms with Crippen LogP contribution in [0.4, 0.5) is 0 Å². The first-order valence-corrected chi connectivity index (χ1v) is 5.64. The van der Waals surface area contributed by atoms with E-state index in [1.54, 1.807) is 13.0 Å². The lowest BCUT2D eigenvalue weighted by molar-refractivity contribution is -0.132. The largest absolute Gasteiger partial charge is 0.478 e. The minimum Gasteiger partial charge on any atom is -0.478 e. The van der Waals surface area contributed by atoms with E-state index in [0.29, 0.717) is 5.57 Å². The smallest absolute Gasteiger partial charge is 0.330 e. The minimum absolute atomic E-state index is 0.444. The summed E-state index contributed by atoms with van der Waals surface area (Å²) in [4.78, 5) is 10.5. The van der Waals surface area contributed by atoms with Gasteiger partial charge < -0.3 is 5.11 Å². The van der Waals surface area contributed by atoms with Gasteiger partial charge >= 0.3 is 5.97 Å². The van der Waals surface area contributed by atoms with Crippen LogP contribution in [0.3, 0.4) is 0 Å². The molecule has 1 rings (SSSR count). The Morgan fingerprint density at radius 2 is 1.94 bits per heavy atom. The predicted octanol–water partition coefficient (Wildman–Crippen LogP) is 3.43. The molecule has 0 fully saturated rings. The molecular weight excluding hydrogens is 200 g/mol. The summed E-state index contributed by atoms with van der Waals surface area (Å²) in [6.07, 6.45) is 5.87. The number of allylic oxidation sites excluding steroid dienone is 1. The quantitative estimate of drug-likeness (QED) is 0.586. The fraction of sp³-hybridized carbons (Fsp3) is 0.357. The zero-order chi connectivity index (χ0) is 11.8. The monoisotopic (exact) mass is 218 g/mol. The van der Waals surface area contributed by atoms with Crippen LogP contribution in [0.1, 0.15) is 31.7 Å². The second-order valence-electron chi connectivity index (χ2n) is 3.92. The van der Waals surface area contributed by atoms with Gasteiger partial charge in [-0.1, -0.05) is 36.4 Å². The Labute approximate surface area is 96.6 Å². The highest BCUT2D eigenvalue weighted by molar-refractivity contribution is 5.85. The van der Waals surface area contributed by atoms with Gasteiger partial charge in [0.2, 0.25) is 0 Å². The van der Waals surface area contributed by atoms with Gasteiger partial charge in [0.1, 0.15) is 0 Å². The zero-order valence-electron chi connectivity index (χ0n) is 9.65. The molecule has 1 aromatic carbocycles. The van der Waals surface area contributed by atoms with Crippen LogP contribution in [-0.2, 0) is 11.2 Å². The molecule has 0 bridgehead atoms. The van der Waals surface area contributed by atoms with E-state index in [4.69, 9.17) is 5.11 Å². The van der Waals surface area contributed by atoms with Crippen LogP contribution >= 0.6 is 0 Å². The van der Waals surface area contributed by atoms with Crippen molar-refractivity contribution in [3.05, 3.63) is 47.5 Å². The number of carbonyl (C=O) groups is 1. The standard InChI is InChI=1S/C14H18O2/c1-12(14(15)16)8-4-2-5-9-13-10-6-3-7-11-13/h3,6-8,10-11H,2,4-5,9H2,1H3,(H,15,16)/b12-8-. The average molecular weight is 218 g/mol. The molecule has 2 nitrogen and oxygen atoms in total. The van der Waals surface area contributed by atoms with Crippen LogP contribution in [0.2, 0.25) is 0 Å². The van der Waals surface area contributed by atoms with Gasteiger partial charge in [0, 0.05) is 5.57 Å². The lowest BCUT2D eigenvalue weighted by atomic mass is 10.1. The third-order valence-corrected chi connectivity index (χ3v) is 2.55. The number of hydrogen-bond acceptors (Lipinski definition) is 1. The van der Waals surface area contributed by atoms with Gasteiger partial charge in [0.05, 0.1) is 0 Å². The van der Waals surface area contributed by atoms with E-state index in [-0.39, 0.29) is 0 Å². The van der Waals surface area contributed by atoms with Gasteiger partial charge in [-0.15, -0.1) is 0 Å². The number of aliphatic carboxylic acids is 1. The molecule has 86 valence electrons. The van der Waals surface area contributed by atoms with Gasteiger partial charge in [0.15, 0.2) is 0 Å². The topological polar surface area (TPSA) is 37.3 Å². The number of carboxylic acid groups (broad SMARTS) is 1. The van der Waals surface area contributed by atoms with Gasteiger partial charge in [-0.2, -0.15) is 0 Å². The molecule has 0 saturated heterocycles. The number of rotatable bonds is 6. The normalized spacial score (nSPS) is 11.4. The van der Waals surface area contributed by atoms with Crippen molar-refractivity contribution in [1.29, 1.82) is 0 Å². The Bertz CT molecular complexity index is 352. The van der Waals surface area contributed by atoms with Crippen molar-refractivity contribution in [2.24, 2.45) is 0 Å². The molecule has 0 unspecified atom stereocenters. The number of hydrogen-bond donors (Lipinski definition) is 1. The molecule has 0 aromatic heterocycles. The maximum Gasteiger partial charge on any atom is 0.330 e. The van der Waals surface area contributed by atoms with E-state index in [1.165, 1.54) is 5.56 Å². The molecule has 0 aliphatic rings. The Balaban J connectivity index is 2.18. The summed E-state index contributed by atoms with van der Waals surface area (Å²) in [7, 11) is 0. The summed E-state index contributed by atoms with van der Waals surface area (Å²) in [5.74, 6) is -0.817. The predicted molar refractivity (Wildman–Crippen MR) is 65.4 cm³/mol. The van der Waals surface area contributed by atoms with Crippen molar-refractivity contribution < 1.29 is 9.90 Å². The highest BCUT2D eigenvalue weighted by Crippen LogP contribution is 2.07. The van der Waals surface area contributed by atoms with E-state index in [9.17, 15) is 4.79 Å². The number of benzene rings is 1. The number of carboxylic acids is 1. The Morgan fingerprint density at radius 3 is 2.56 bits per heavy atom. The lowest BCUT2D eigenvalue weighted by Gasteiger charge is -1.99. The van der Waals surface area contributed by atoms with Crippen molar-refractivity contribution in [2.75, 3.05) is 0 Å². The summed E-state index contributed by atoms with van der Waals surface area (Å²) < 4.78 is 0. The maximum absolute atomic E-state index is 10.5. The van der Waals surface area contributed by atoms with Crippen LogP contribution in [0.25, 0.3) is 0 Å². The van der Waals surface area contributed by atoms with E-state index in [1.807, 2.05) is 18.2 Å². The zero-order valence-corrected chi connectivity index (χ0v) is 9.65. The average Bonchev–Trinajstić information content (AvgIpc) is 2.29. The number of unbranched alkanes of at least 4 members (excludes halogenated alkanes) is 2. The van der Waals surface area contributed by atoms with E-state index in [0.717, 1.165) is 25.7 Å². The minimum atomic E-state index is -0.817. The highest BCUT2D eigenvalue weighted by Gasteiger charge is 1.97. The van der Waals surface area contributed by atoms with Gasteiger partial charge in [-0.25, -0.2) is 4.79 Å². The third kappa shape index (κ3) is 4.78. The molecule has 0 radical (unpaired) electrons. The van der Waals surface area contributed by atoms with Crippen LogP contribution in [0, 0.1) is 0 Å². The van der Waals surface area contributed by atoms with Gasteiger partial charge in [-0.3, -0.25) is 0 Å². The molecule has 0 aliphatic carbocycles. The molecule has 0 saturated carbocycles. The van der Waals surface area contributed by atoms with E-state index < -0.39 is 5.97 Å². The lowest BCUT2D eigenvalue weighted by Crippen LogP contribution is -1.95. The summed E-state index contributed by atoms with van der Waals surface area (Å²) in [5, 5.41) is 8.65. The van der Waals surface area contributed by atoms with Crippen LogP contribution in [0.15, 0.2) is 42.0 Å². The first kappa shape index (κ1) is 12.5. The van der Waals surface area contributed by atoms with Crippen LogP contribution < -0.4 is 0 Å². The summed E-state index contributed by atoms with van der Waals surface area (Å²) >= 11 is 0. The summed E-state index contributed by atoms with van der Waals surface area (Å²) in [6.45, 7) is 1.64. The molecule has 2 heteroatoms. The second-order valence-corrected chi connectivity index (χ2v) is 3.92. The molecular formula is C14H18O2. The molecule has 1 aromatic rings. The SMILES string of the molecule is C/C(=C/CCCCc1ccccc1)C(=O)O. The van der Waals surface area contributed by atoms with Crippen molar-refractivity contribution in [3.8, 4) is 0 Å². The van der Waals surface area contributed by atoms with Crippen molar-refractivity contribution in [2.45, 2.75) is 32.6 Å². The first-order chi connectivity index (χ1) is 7.70. The Morgan fingerprint density at radius 1 is 1.25 bits per heavy atom. The summed E-state index contributed by atoms with van der Waals surface area (Å²) in [6, 6.07) is 10.4. The van der Waals surface area contributed by atoms with E-state index in [2.05, 4.69) is 12.1 Å². The molecule has 0 aliphatic heterocycles. The molecule has 0 heterocycles. The highest BCUT2D eigenvalue weighted by atomic mass is 16.4. The fourth-order valence-corrected chi connectivity index (χ4v) is 1.52. The Kier molecular flexibility index (Phi) is 5.34. The first-order valence-electron chi connectivity index (χ1n) is 5.64. The maximum atomic E-state index is 10.5.